The average Bonchev–Trinajstić information content (AvgIpc) is 3.81. The molecule has 3 aliphatic heterocycles. The highest BCUT2D eigenvalue weighted by Crippen LogP contribution is 2.56. The fourth-order valence-corrected chi connectivity index (χ4v) is 7.73. The predicted molar refractivity (Wildman–Crippen MR) is 153 cm³/mol. The maximum absolute atomic E-state index is 13.2. The Bertz CT molecular complexity index is 2010. The number of hydrogen-bond acceptors (Lipinski definition) is 20. The Labute approximate surface area is 268 Å². The van der Waals surface area contributed by atoms with Crippen LogP contribution < -0.4 is 26.8 Å². The molecule has 0 bridgehead atoms. The number of anilines is 2. The zero-order valence-corrected chi connectivity index (χ0v) is 26.7. The Morgan fingerprint density at radius 3 is 2.48 bits per heavy atom. The third-order valence-corrected chi connectivity index (χ3v) is 9.69. The quantitative estimate of drug-likeness (QED) is 0.127. The Morgan fingerprint density at radius 2 is 1.73 bits per heavy atom. The van der Waals surface area contributed by atoms with Crippen molar-refractivity contribution in [1.29, 1.82) is 0 Å². The first kappa shape index (κ1) is 33.1. The summed E-state index contributed by atoms with van der Waals surface area (Å²) in [6.07, 6.45) is -7.57. The summed E-state index contributed by atoms with van der Waals surface area (Å²) in [6.45, 7) is 2.50. The van der Waals surface area contributed by atoms with Crippen LogP contribution in [0.1, 0.15) is 26.3 Å². The van der Waals surface area contributed by atoms with Crippen LogP contribution in [0.2, 0.25) is 0 Å². The fourth-order valence-electron chi connectivity index (χ4n) is 5.66. The Kier molecular flexibility index (Phi) is 8.38. The van der Waals surface area contributed by atoms with Crippen molar-refractivity contribution in [2.24, 2.45) is 0 Å². The molecule has 6 N–H and O–H groups in total. The van der Waals surface area contributed by atoms with Gasteiger partial charge in [-0.3, -0.25) is 28.0 Å². The van der Waals surface area contributed by atoms with Crippen LogP contribution >= 0.6 is 15.6 Å². The van der Waals surface area contributed by atoms with Crippen molar-refractivity contribution in [3.8, 4) is 0 Å². The first-order chi connectivity index (χ1) is 22.7. The Morgan fingerprint density at radius 1 is 1.04 bits per heavy atom. The number of H-pyrrole nitrogens is 1. The van der Waals surface area contributed by atoms with E-state index >= 15 is 0 Å². The second-order valence-corrected chi connectivity index (χ2v) is 13.9. The number of imidazole rings is 2. The summed E-state index contributed by atoms with van der Waals surface area (Å²) in [6, 6.07) is 0. The summed E-state index contributed by atoms with van der Waals surface area (Å²) in [5.41, 5.74) is 11.1. The maximum Gasteiger partial charge on any atom is 0.280 e. The lowest BCUT2D eigenvalue weighted by Gasteiger charge is -2.31. The molecule has 4 aromatic rings. The van der Waals surface area contributed by atoms with Gasteiger partial charge in [0.15, 0.2) is 35.1 Å². The van der Waals surface area contributed by atoms with Gasteiger partial charge in [-0.1, -0.05) is 0 Å². The molecule has 25 heteroatoms. The average molecular weight is 714 g/mol. The van der Waals surface area contributed by atoms with Crippen molar-refractivity contribution in [1.82, 2.24) is 39.0 Å². The highest BCUT2D eigenvalue weighted by molar-refractivity contribution is 7.46. The molecule has 4 aromatic heterocycles. The molecule has 0 aromatic carbocycles. The fraction of sp³-hybridized carbons (Fsp3) is 0.565. The summed E-state index contributed by atoms with van der Waals surface area (Å²) in [7, 11) is -10.2. The molecular weight excluding hydrogens is 686 g/mol. The van der Waals surface area contributed by atoms with Crippen LogP contribution in [0.25, 0.3) is 22.3 Å². The topological polar surface area (TPSA) is 324 Å². The van der Waals surface area contributed by atoms with Gasteiger partial charge >= 0.3 is 0 Å². The largest absolute Gasteiger partial charge is 0.756 e. The van der Waals surface area contributed by atoms with Gasteiger partial charge in [0, 0.05) is 0 Å². The van der Waals surface area contributed by atoms with Crippen molar-refractivity contribution in [2.45, 2.75) is 69.0 Å². The number of aromatic amines is 1. The molecule has 0 saturated carbocycles. The number of nitrogens with one attached hydrogen (secondary N) is 1. The minimum absolute atomic E-state index is 0.0603. The van der Waals surface area contributed by atoms with Gasteiger partial charge in [0.05, 0.1) is 32.0 Å². The number of ether oxygens (including phenoxy) is 3. The molecule has 260 valence electrons. The van der Waals surface area contributed by atoms with Crippen molar-refractivity contribution in [2.75, 3.05) is 24.7 Å². The van der Waals surface area contributed by atoms with E-state index in [9.17, 15) is 28.8 Å². The van der Waals surface area contributed by atoms with Gasteiger partial charge in [-0.05, 0) is 13.8 Å². The molecule has 4 unspecified atom stereocenters. The monoisotopic (exact) mass is 714 g/mol. The third-order valence-electron chi connectivity index (χ3n) is 7.72. The first-order valence-corrected chi connectivity index (χ1v) is 17.2. The Balaban J connectivity index is 1.10. The number of fused-ring (bicyclic) bond motifs is 3. The lowest BCUT2D eigenvalue weighted by atomic mass is 10.1. The Hall–Kier alpha value is -3.44. The summed E-state index contributed by atoms with van der Waals surface area (Å²) in [5.74, 6) is -0.169. The van der Waals surface area contributed by atoms with Crippen molar-refractivity contribution >= 4 is 49.7 Å². The van der Waals surface area contributed by atoms with Gasteiger partial charge < -0.3 is 58.7 Å². The van der Waals surface area contributed by atoms with E-state index in [4.69, 9.17) is 43.8 Å². The molecule has 3 aliphatic rings. The van der Waals surface area contributed by atoms with Gasteiger partial charge in [0.25, 0.3) is 21.2 Å². The van der Waals surface area contributed by atoms with E-state index in [-0.39, 0.29) is 46.8 Å². The second-order valence-electron chi connectivity index (χ2n) is 11.3. The molecule has 23 nitrogen and oxygen atoms in total. The van der Waals surface area contributed by atoms with Crippen LogP contribution in [0, 0.1) is 0 Å². The molecule has 48 heavy (non-hydrogen) atoms. The number of nitrogen functional groups attached to an aromatic ring is 2. The van der Waals surface area contributed by atoms with Crippen LogP contribution in [0.15, 0.2) is 23.8 Å². The van der Waals surface area contributed by atoms with Gasteiger partial charge in [0.1, 0.15) is 48.5 Å². The standard InChI is InChI=1S/C23H30N10O13P2/c1-8(2)40-3-9-14(13(34)21(42-9)32-6-28-11-17(24)26-5-27-18(11)32)44-47(36,37)41-4-10-15-16(46-48(38,39)45-15)22(43-10)33-7-29-12-19(33)30-23(25)31-20(12)35/h5-10,13-16,21-22,34H,3-4H2,1-2H3,(H,36,37)(H,38,39)(H2,24,26,27)(H3,25,30,31,35)/p-2/t9-,10-,13+,14?,15?,16+,21-,22-/m1/s1. The van der Waals surface area contributed by atoms with E-state index in [0.717, 1.165) is 6.33 Å². The molecule has 0 spiro atoms. The van der Waals surface area contributed by atoms with E-state index in [2.05, 4.69) is 29.9 Å². The smallest absolute Gasteiger partial charge is 0.280 e. The molecule has 10 atom stereocenters. The van der Waals surface area contributed by atoms with E-state index in [1.807, 2.05) is 0 Å². The van der Waals surface area contributed by atoms with Gasteiger partial charge in [-0.25, -0.2) is 19.9 Å². The lowest BCUT2D eigenvalue weighted by molar-refractivity contribution is -0.237. The second kappa shape index (κ2) is 12.2. The summed E-state index contributed by atoms with van der Waals surface area (Å²) in [5, 5.41) is 11.3. The molecule has 0 amide bonds. The van der Waals surface area contributed by atoms with Crippen molar-refractivity contribution in [3.63, 3.8) is 0 Å². The number of nitrogens with two attached hydrogens (primary N) is 2. The number of nitrogens with zero attached hydrogens (tertiary/aromatic N) is 7. The predicted octanol–water partition coefficient (Wildman–Crippen LogP) is -2.17. The molecule has 7 heterocycles. The summed E-state index contributed by atoms with van der Waals surface area (Å²) >= 11 is 0. The van der Waals surface area contributed by atoms with Crippen LogP contribution in [0.4, 0.5) is 11.8 Å². The number of phosphoric acid groups is 2. The van der Waals surface area contributed by atoms with E-state index in [1.165, 1.54) is 21.8 Å². The molecule has 3 saturated heterocycles. The highest BCUT2D eigenvalue weighted by atomic mass is 31.2. The van der Waals surface area contributed by atoms with Crippen molar-refractivity contribution in [3.05, 3.63) is 29.3 Å². The minimum atomic E-state index is -5.31. The number of hydrogen-bond donors (Lipinski definition) is 4. The van der Waals surface area contributed by atoms with E-state index in [1.54, 1.807) is 13.8 Å². The molecule has 0 aliphatic carbocycles. The van der Waals surface area contributed by atoms with Crippen LogP contribution in [0.5, 0.6) is 0 Å². The normalized spacial score (nSPS) is 33.2. The molecule has 3 fully saturated rings. The zero-order chi connectivity index (χ0) is 34.1. The highest BCUT2D eigenvalue weighted by Gasteiger charge is 2.55. The van der Waals surface area contributed by atoms with Crippen molar-refractivity contribution < 1.29 is 56.3 Å². The third kappa shape index (κ3) is 6.01. The van der Waals surface area contributed by atoms with Gasteiger partial charge in [-0.15, -0.1) is 0 Å². The molecule has 7 rings (SSSR count). The number of aliphatic hydroxyl groups excluding tert-OH is 1. The minimum Gasteiger partial charge on any atom is -0.756 e. The van der Waals surface area contributed by atoms with E-state index < -0.39 is 76.9 Å². The zero-order valence-electron chi connectivity index (χ0n) is 24.9. The molecular formula is C23H28N10O13P2-2. The van der Waals surface area contributed by atoms with Crippen LogP contribution in [-0.2, 0) is 41.4 Å². The number of phosphoric ester groups is 2. The lowest BCUT2D eigenvalue weighted by Crippen LogP contribution is -2.38. The van der Waals surface area contributed by atoms with Gasteiger partial charge in [-0.2, -0.15) is 4.98 Å². The van der Waals surface area contributed by atoms with Crippen LogP contribution in [0.3, 0.4) is 0 Å². The summed E-state index contributed by atoms with van der Waals surface area (Å²) in [4.78, 5) is 60.2. The molecule has 0 radical (unpaired) electrons. The van der Waals surface area contributed by atoms with E-state index in [0.29, 0.717) is 0 Å². The SMILES string of the molecule is CC(C)OC[C@H]1O[C@@H](n2cnc3c(N)ncnc32)[C@@H](O)C1OP(=O)([O-])OC[C@H]1O[C@@H](n2cnc3c(=O)[nH]c(N)nc32)[C@H]2OP(=O)([O-])OC12. The van der Waals surface area contributed by atoms with Crippen LogP contribution in [-0.4, -0.2) is 100 Å². The summed E-state index contributed by atoms with van der Waals surface area (Å²) < 4.78 is 66.1. The number of rotatable bonds is 10. The number of aliphatic hydroxyl groups is 1. The maximum atomic E-state index is 13.2. The number of aromatic nitrogens is 8. The first-order valence-electron chi connectivity index (χ1n) is 14.3. The van der Waals surface area contributed by atoms with Gasteiger partial charge in [0.2, 0.25) is 5.95 Å².